The molecule has 3 nitrogen and oxygen atoms in total. The van der Waals surface area contributed by atoms with Crippen LogP contribution in [0.25, 0.3) is 0 Å². The van der Waals surface area contributed by atoms with E-state index in [4.69, 9.17) is 10.2 Å². The summed E-state index contributed by atoms with van der Waals surface area (Å²) in [5, 5.41) is 16.6. The summed E-state index contributed by atoms with van der Waals surface area (Å²) in [6.45, 7) is 1.82. The van der Waals surface area contributed by atoms with Gasteiger partial charge in [-0.25, -0.2) is 0 Å². The molecule has 0 aromatic heterocycles. The zero-order valence-corrected chi connectivity index (χ0v) is 5.29. The van der Waals surface area contributed by atoms with Crippen molar-refractivity contribution in [1.82, 2.24) is 0 Å². The molecule has 0 rings (SSSR count). The van der Waals surface area contributed by atoms with Crippen LogP contribution >= 0.6 is 0 Å². The lowest BCUT2D eigenvalue weighted by molar-refractivity contribution is -0.118. The van der Waals surface area contributed by atoms with Crippen molar-refractivity contribution in [1.29, 1.82) is 0 Å². The maximum Gasteiger partial charge on any atom is 0.200 e. The second-order valence-corrected chi connectivity index (χ2v) is 1.69. The fourth-order valence-corrected chi connectivity index (χ4v) is 0.427. The van der Waals surface area contributed by atoms with Crippen molar-refractivity contribution in [2.24, 2.45) is 0 Å². The van der Waals surface area contributed by atoms with Crippen molar-refractivity contribution in [3.05, 3.63) is 12.0 Å². The highest BCUT2D eigenvalue weighted by Gasteiger charge is 2.04. The number of aliphatic hydroxyl groups is 2. The number of hydrogen-bond donors (Lipinski definition) is 2. The van der Waals surface area contributed by atoms with Gasteiger partial charge in [0.05, 0.1) is 0 Å². The Morgan fingerprint density at radius 3 is 2.56 bits per heavy atom. The van der Waals surface area contributed by atoms with E-state index in [-0.39, 0.29) is 6.42 Å². The van der Waals surface area contributed by atoms with E-state index in [2.05, 4.69) is 0 Å². The summed E-state index contributed by atoms with van der Waals surface area (Å²) in [7, 11) is 0. The van der Waals surface area contributed by atoms with Gasteiger partial charge in [0.15, 0.2) is 11.5 Å². The Kier molecular flexibility index (Phi) is 3.51. The molecule has 0 amide bonds. The molecule has 3 heteroatoms. The Morgan fingerprint density at radius 2 is 2.22 bits per heavy atom. The largest absolute Gasteiger partial charge is 0.512 e. The van der Waals surface area contributed by atoms with Crippen LogP contribution in [0, 0.1) is 0 Å². The summed E-state index contributed by atoms with van der Waals surface area (Å²) in [5.41, 5.74) is 0. The van der Waals surface area contributed by atoms with E-state index in [0.717, 1.165) is 0 Å². The van der Waals surface area contributed by atoms with Gasteiger partial charge in [-0.05, 0) is 6.42 Å². The Morgan fingerprint density at radius 1 is 1.67 bits per heavy atom. The van der Waals surface area contributed by atoms with Crippen LogP contribution in [0.4, 0.5) is 0 Å². The van der Waals surface area contributed by atoms with Gasteiger partial charge in [0.2, 0.25) is 0 Å². The summed E-state index contributed by atoms with van der Waals surface area (Å²) in [4.78, 5) is 10.5. The summed E-state index contributed by atoms with van der Waals surface area (Å²) in [6, 6.07) is 0. The van der Waals surface area contributed by atoms with E-state index < -0.39 is 11.5 Å². The van der Waals surface area contributed by atoms with Crippen LogP contribution in [0.3, 0.4) is 0 Å². The first-order chi connectivity index (χ1) is 4.22. The lowest BCUT2D eigenvalue weighted by Crippen LogP contribution is -2.00. The van der Waals surface area contributed by atoms with Crippen LogP contribution in [-0.4, -0.2) is 16.0 Å². The number of rotatable bonds is 3. The third kappa shape index (κ3) is 2.74. The van der Waals surface area contributed by atoms with Crippen molar-refractivity contribution in [2.75, 3.05) is 0 Å². The maximum atomic E-state index is 10.5. The van der Waals surface area contributed by atoms with Crippen molar-refractivity contribution in [2.45, 2.75) is 19.8 Å². The number of hydrogen-bond acceptors (Lipinski definition) is 3. The molecule has 0 saturated carbocycles. The third-order valence-electron chi connectivity index (χ3n) is 0.885. The highest BCUT2D eigenvalue weighted by molar-refractivity contribution is 5.92. The van der Waals surface area contributed by atoms with Crippen LogP contribution in [0.2, 0.25) is 0 Å². The minimum absolute atomic E-state index is 0.281. The number of ketones is 1. The van der Waals surface area contributed by atoms with Gasteiger partial charge in [-0.15, -0.1) is 0 Å². The van der Waals surface area contributed by atoms with Crippen molar-refractivity contribution in [3.8, 4) is 0 Å². The predicted octanol–water partition coefficient (Wildman–Crippen LogP) is 1.31. The molecule has 0 radical (unpaired) electrons. The average molecular weight is 130 g/mol. The van der Waals surface area contributed by atoms with E-state index in [0.29, 0.717) is 12.7 Å². The van der Waals surface area contributed by atoms with E-state index in [1.165, 1.54) is 0 Å². The molecule has 0 aromatic rings. The quantitative estimate of drug-likeness (QED) is 0.447. The highest BCUT2D eigenvalue weighted by atomic mass is 16.3. The standard InChI is InChI=1S/C6H10O3/c1-2-3-5(8)6(9)4-7/h4,7,9H,2-3H2,1H3. The summed E-state index contributed by atoms with van der Waals surface area (Å²) >= 11 is 0. The number of carbonyl (C=O) groups excluding carboxylic acids is 1. The number of allylic oxidation sites excluding steroid dienone is 1. The van der Waals surface area contributed by atoms with Gasteiger partial charge in [-0.1, -0.05) is 6.92 Å². The molecular weight excluding hydrogens is 120 g/mol. The van der Waals surface area contributed by atoms with Gasteiger partial charge >= 0.3 is 0 Å². The zero-order valence-electron chi connectivity index (χ0n) is 5.29. The molecule has 2 N–H and O–H groups in total. The van der Waals surface area contributed by atoms with Crippen LogP contribution in [0.15, 0.2) is 12.0 Å². The molecule has 9 heavy (non-hydrogen) atoms. The van der Waals surface area contributed by atoms with Gasteiger partial charge in [0, 0.05) is 6.42 Å². The molecular formula is C6H10O3. The zero-order chi connectivity index (χ0) is 7.28. The molecule has 0 heterocycles. The van der Waals surface area contributed by atoms with Crippen molar-refractivity contribution < 1.29 is 15.0 Å². The fraction of sp³-hybridized carbons (Fsp3) is 0.500. The monoisotopic (exact) mass is 130 g/mol. The molecule has 0 aliphatic heterocycles. The smallest absolute Gasteiger partial charge is 0.200 e. The second kappa shape index (κ2) is 3.95. The lowest BCUT2D eigenvalue weighted by Gasteiger charge is -1.92. The Hall–Kier alpha value is -0.990. The Bertz CT molecular complexity index is 126. The molecule has 0 spiro atoms. The predicted molar refractivity (Wildman–Crippen MR) is 33.3 cm³/mol. The molecule has 0 aliphatic carbocycles. The van der Waals surface area contributed by atoms with Crippen molar-refractivity contribution >= 4 is 5.78 Å². The van der Waals surface area contributed by atoms with Crippen LogP contribution in [0.5, 0.6) is 0 Å². The van der Waals surface area contributed by atoms with E-state index in [1.807, 2.05) is 6.92 Å². The van der Waals surface area contributed by atoms with E-state index >= 15 is 0 Å². The lowest BCUT2D eigenvalue weighted by atomic mass is 10.2. The summed E-state index contributed by atoms with van der Waals surface area (Å²) in [6.07, 6.45) is 1.37. The van der Waals surface area contributed by atoms with Crippen LogP contribution in [-0.2, 0) is 4.79 Å². The van der Waals surface area contributed by atoms with Gasteiger partial charge in [0.25, 0.3) is 0 Å². The normalized spacial score (nSPS) is 11.4. The first-order valence-electron chi connectivity index (χ1n) is 2.79. The van der Waals surface area contributed by atoms with Gasteiger partial charge in [0.1, 0.15) is 6.26 Å². The fourth-order valence-electron chi connectivity index (χ4n) is 0.427. The number of carbonyl (C=O) groups is 1. The van der Waals surface area contributed by atoms with Crippen molar-refractivity contribution in [3.63, 3.8) is 0 Å². The van der Waals surface area contributed by atoms with Gasteiger partial charge in [-0.3, -0.25) is 4.79 Å². The second-order valence-electron chi connectivity index (χ2n) is 1.69. The van der Waals surface area contributed by atoms with E-state index in [9.17, 15) is 4.79 Å². The first kappa shape index (κ1) is 8.01. The van der Waals surface area contributed by atoms with Crippen LogP contribution < -0.4 is 0 Å². The molecule has 0 unspecified atom stereocenters. The number of aliphatic hydroxyl groups excluding tert-OH is 2. The topological polar surface area (TPSA) is 57.5 Å². The molecule has 0 atom stereocenters. The Labute approximate surface area is 53.6 Å². The summed E-state index contributed by atoms with van der Waals surface area (Å²) < 4.78 is 0. The maximum absolute atomic E-state index is 10.5. The number of Topliss-reactive ketones (excluding diaryl/α,β-unsaturated/α-hetero) is 1. The van der Waals surface area contributed by atoms with Gasteiger partial charge in [-0.2, -0.15) is 0 Å². The van der Waals surface area contributed by atoms with Gasteiger partial charge < -0.3 is 10.2 Å². The molecule has 0 bridgehead atoms. The molecule has 52 valence electrons. The molecule has 0 fully saturated rings. The van der Waals surface area contributed by atoms with Crippen LogP contribution in [0.1, 0.15) is 19.8 Å². The average Bonchev–Trinajstić information content (AvgIpc) is 1.87. The highest BCUT2D eigenvalue weighted by Crippen LogP contribution is 1.96. The molecule has 0 aliphatic rings. The van der Waals surface area contributed by atoms with E-state index in [1.54, 1.807) is 0 Å². The third-order valence-corrected chi connectivity index (χ3v) is 0.885. The summed E-state index contributed by atoms with van der Waals surface area (Å²) in [5.74, 6) is -0.975. The SMILES string of the molecule is CCCC(=O)C(O)=CO. The Balaban J connectivity index is 3.74. The minimum Gasteiger partial charge on any atom is -0.512 e. The first-order valence-corrected chi connectivity index (χ1v) is 2.79. The molecule has 0 saturated heterocycles. The minimum atomic E-state index is -0.558. The molecule has 0 aromatic carbocycles.